The Labute approximate surface area is 148 Å². The lowest BCUT2D eigenvalue weighted by atomic mass is 10.0. The van der Waals surface area contributed by atoms with Crippen molar-refractivity contribution in [2.75, 3.05) is 0 Å². The Morgan fingerprint density at radius 2 is 1.62 bits per heavy atom. The van der Waals surface area contributed by atoms with E-state index in [-0.39, 0.29) is 4.75 Å². The molecule has 0 aliphatic heterocycles. The molecule has 0 atom stereocenters. The lowest BCUT2D eigenvalue weighted by molar-refractivity contribution is 0.600. The molecule has 0 radical (unpaired) electrons. The number of hydrogen-bond acceptors (Lipinski definition) is 3. The highest BCUT2D eigenvalue weighted by atomic mass is 32.2. The van der Waals surface area contributed by atoms with E-state index in [1.807, 2.05) is 31.1 Å². The zero-order valence-corrected chi connectivity index (χ0v) is 15.7. The fraction of sp³-hybridized carbons (Fsp3) is 0.333. The van der Waals surface area contributed by atoms with Crippen LogP contribution in [0.5, 0.6) is 0 Å². The summed E-state index contributed by atoms with van der Waals surface area (Å²) in [5.74, 6) is 0. The van der Waals surface area contributed by atoms with Gasteiger partial charge in [-0.05, 0) is 61.2 Å². The van der Waals surface area contributed by atoms with Crippen molar-refractivity contribution < 1.29 is 0 Å². The number of pyridine rings is 2. The van der Waals surface area contributed by atoms with E-state index in [1.165, 1.54) is 21.4 Å². The van der Waals surface area contributed by atoms with Gasteiger partial charge >= 0.3 is 0 Å². The van der Waals surface area contributed by atoms with Crippen molar-refractivity contribution >= 4 is 22.7 Å². The van der Waals surface area contributed by atoms with E-state index in [9.17, 15) is 0 Å². The third-order valence-corrected chi connectivity index (χ3v) is 6.43. The van der Waals surface area contributed by atoms with Crippen LogP contribution in [0.1, 0.15) is 39.3 Å². The largest absolute Gasteiger partial charge is 0.262 e. The van der Waals surface area contributed by atoms with Gasteiger partial charge in [0, 0.05) is 33.1 Å². The first kappa shape index (κ1) is 17.0. The second-order valence-electron chi connectivity index (χ2n) is 6.49. The second kappa shape index (κ2) is 6.94. The fourth-order valence-electron chi connectivity index (χ4n) is 2.77. The Morgan fingerprint density at radius 3 is 2.33 bits per heavy atom. The minimum Gasteiger partial charge on any atom is -0.262 e. The smallest absolute Gasteiger partial charge is 0.0713 e. The summed E-state index contributed by atoms with van der Waals surface area (Å²) in [7, 11) is 0. The number of aryl methyl sites for hydroxylation is 1. The first-order valence-electron chi connectivity index (χ1n) is 8.55. The van der Waals surface area contributed by atoms with Crippen molar-refractivity contribution in [3.05, 3.63) is 54.5 Å². The molecule has 124 valence electrons. The monoisotopic (exact) mass is 336 g/mol. The van der Waals surface area contributed by atoms with E-state index in [4.69, 9.17) is 0 Å². The van der Waals surface area contributed by atoms with Crippen LogP contribution < -0.4 is 0 Å². The molecule has 3 rings (SSSR count). The summed E-state index contributed by atoms with van der Waals surface area (Å²) in [5, 5.41) is 1.24. The molecular formula is C21H24N2S. The summed E-state index contributed by atoms with van der Waals surface area (Å²) in [4.78, 5) is 10.2. The van der Waals surface area contributed by atoms with Gasteiger partial charge in [-0.1, -0.05) is 26.8 Å². The molecule has 0 saturated carbocycles. The van der Waals surface area contributed by atoms with Crippen LogP contribution in [0.4, 0.5) is 0 Å². The number of nitrogens with zero attached hydrogens (tertiary/aromatic N) is 2. The Bertz CT molecular complexity index is 853. The van der Waals surface area contributed by atoms with Crippen LogP contribution in [0.3, 0.4) is 0 Å². The Kier molecular flexibility index (Phi) is 4.91. The zero-order chi connectivity index (χ0) is 17.2. The van der Waals surface area contributed by atoms with Gasteiger partial charge in [0.15, 0.2) is 0 Å². The number of aromatic nitrogens is 2. The van der Waals surface area contributed by atoms with Gasteiger partial charge in [0.25, 0.3) is 0 Å². The molecule has 0 saturated heterocycles. The maximum atomic E-state index is 4.55. The van der Waals surface area contributed by atoms with Gasteiger partial charge in [-0.15, -0.1) is 11.8 Å². The fourth-order valence-corrected chi connectivity index (χ4v) is 4.00. The van der Waals surface area contributed by atoms with Gasteiger partial charge in [0.2, 0.25) is 0 Å². The van der Waals surface area contributed by atoms with E-state index in [1.54, 1.807) is 0 Å². The van der Waals surface area contributed by atoms with Gasteiger partial charge in [-0.25, -0.2) is 0 Å². The van der Waals surface area contributed by atoms with Crippen molar-refractivity contribution in [3.8, 4) is 11.1 Å². The van der Waals surface area contributed by atoms with Gasteiger partial charge < -0.3 is 0 Å². The van der Waals surface area contributed by atoms with Crippen LogP contribution in [0.2, 0.25) is 0 Å². The molecular weight excluding hydrogens is 312 g/mol. The molecule has 24 heavy (non-hydrogen) atoms. The van der Waals surface area contributed by atoms with E-state index in [0.29, 0.717) is 0 Å². The highest BCUT2D eigenvalue weighted by Crippen LogP contribution is 2.41. The van der Waals surface area contributed by atoms with Gasteiger partial charge in [0.05, 0.1) is 5.52 Å². The summed E-state index contributed by atoms with van der Waals surface area (Å²) in [5.41, 5.74) is 4.53. The van der Waals surface area contributed by atoms with Gasteiger partial charge in [-0.2, -0.15) is 0 Å². The third kappa shape index (κ3) is 3.46. The lowest BCUT2D eigenvalue weighted by Gasteiger charge is -2.26. The molecule has 2 heterocycles. The molecule has 1 aromatic carbocycles. The standard InChI is InChI=1S/C21H24N2S/c1-5-21(4,6-2)24-20-10-12-23-19-8-7-16(14-18(19)20)17-9-11-22-15(3)13-17/h7-14H,5-6H2,1-4H3. The molecule has 0 spiro atoms. The van der Waals surface area contributed by atoms with Crippen LogP contribution >= 0.6 is 11.8 Å². The Morgan fingerprint density at radius 1 is 0.917 bits per heavy atom. The van der Waals surface area contributed by atoms with Crippen LogP contribution in [0, 0.1) is 6.92 Å². The summed E-state index contributed by atoms with van der Waals surface area (Å²) in [6.07, 6.45) is 6.11. The number of fused-ring (bicyclic) bond motifs is 1. The zero-order valence-electron chi connectivity index (χ0n) is 14.8. The highest BCUT2D eigenvalue weighted by molar-refractivity contribution is 8.00. The first-order chi connectivity index (χ1) is 11.5. The summed E-state index contributed by atoms with van der Waals surface area (Å²) >= 11 is 1.98. The van der Waals surface area contributed by atoms with Crippen molar-refractivity contribution in [3.63, 3.8) is 0 Å². The molecule has 0 fully saturated rings. The predicted molar refractivity (Wildman–Crippen MR) is 105 cm³/mol. The second-order valence-corrected chi connectivity index (χ2v) is 8.12. The minimum absolute atomic E-state index is 0.261. The highest BCUT2D eigenvalue weighted by Gasteiger charge is 2.22. The molecule has 0 N–H and O–H groups in total. The maximum absolute atomic E-state index is 4.55. The maximum Gasteiger partial charge on any atom is 0.0713 e. The molecule has 2 nitrogen and oxygen atoms in total. The normalized spacial score (nSPS) is 11.8. The topological polar surface area (TPSA) is 25.8 Å². The van der Waals surface area contributed by atoms with E-state index in [0.717, 1.165) is 24.1 Å². The van der Waals surface area contributed by atoms with Crippen LogP contribution in [0.15, 0.2) is 53.7 Å². The number of rotatable bonds is 5. The summed E-state index contributed by atoms with van der Waals surface area (Å²) in [6.45, 7) is 8.91. The van der Waals surface area contributed by atoms with E-state index < -0.39 is 0 Å². The molecule has 0 bridgehead atoms. The summed E-state index contributed by atoms with van der Waals surface area (Å²) in [6, 6.07) is 12.9. The Balaban J connectivity index is 2.09. The number of thioether (sulfide) groups is 1. The average molecular weight is 337 g/mol. The Hall–Kier alpha value is -1.87. The number of hydrogen-bond donors (Lipinski definition) is 0. The van der Waals surface area contributed by atoms with E-state index in [2.05, 4.69) is 67.1 Å². The van der Waals surface area contributed by atoms with Crippen LogP contribution in [-0.2, 0) is 0 Å². The molecule has 0 aliphatic carbocycles. The predicted octanol–water partition coefficient (Wildman–Crippen LogP) is 6.28. The molecule has 3 heteroatoms. The summed E-state index contributed by atoms with van der Waals surface area (Å²) < 4.78 is 0.261. The lowest BCUT2D eigenvalue weighted by Crippen LogP contribution is -2.16. The molecule has 0 amide bonds. The van der Waals surface area contributed by atoms with Crippen LogP contribution in [0.25, 0.3) is 22.0 Å². The average Bonchev–Trinajstić information content (AvgIpc) is 2.61. The van der Waals surface area contributed by atoms with Crippen molar-refractivity contribution in [1.29, 1.82) is 0 Å². The SMILES string of the molecule is CCC(C)(CC)Sc1ccnc2ccc(-c3ccnc(C)c3)cc12. The van der Waals surface area contributed by atoms with Gasteiger partial charge in [0.1, 0.15) is 0 Å². The van der Waals surface area contributed by atoms with Crippen molar-refractivity contribution in [2.24, 2.45) is 0 Å². The van der Waals surface area contributed by atoms with Crippen molar-refractivity contribution in [2.45, 2.75) is 50.2 Å². The van der Waals surface area contributed by atoms with E-state index >= 15 is 0 Å². The molecule has 2 aromatic heterocycles. The van der Waals surface area contributed by atoms with Gasteiger partial charge in [-0.3, -0.25) is 9.97 Å². The van der Waals surface area contributed by atoms with Crippen molar-refractivity contribution in [1.82, 2.24) is 9.97 Å². The number of benzene rings is 1. The minimum atomic E-state index is 0.261. The third-order valence-electron chi connectivity index (χ3n) is 4.78. The molecule has 0 unspecified atom stereocenters. The van der Waals surface area contributed by atoms with Crippen LogP contribution in [-0.4, -0.2) is 14.7 Å². The first-order valence-corrected chi connectivity index (χ1v) is 9.37. The molecule has 0 aliphatic rings. The molecule has 3 aromatic rings. The quantitative estimate of drug-likeness (QED) is 0.513.